The number of ether oxygens (including phenoxy) is 1. The standard InChI is InChI=1S/C16H25NO2/c1-12(2)13(10-11-17)6-9-16(18)14-4-7-15(19-3)8-5-14/h4-5,7-8,12-13H,6,9-11,17H2,1-3H3. The molecule has 106 valence electrons. The number of Topliss-reactive ketones (excluding diaryl/α,β-unsaturated/α-hetero) is 1. The van der Waals surface area contributed by atoms with Gasteiger partial charge >= 0.3 is 0 Å². The number of hydrogen-bond donors (Lipinski definition) is 1. The average molecular weight is 263 g/mol. The highest BCUT2D eigenvalue weighted by Gasteiger charge is 2.15. The summed E-state index contributed by atoms with van der Waals surface area (Å²) in [7, 11) is 1.62. The molecule has 0 saturated heterocycles. The normalized spacial score (nSPS) is 12.5. The van der Waals surface area contributed by atoms with Crippen LogP contribution in [0.1, 0.15) is 43.5 Å². The molecule has 0 radical (unpaired) electrons. The van der Waals surface area contributed by atoms with Crippen molar-refractivity contribution in [2.45, 2.75) is 33.1 Å². The molecule has 0 bridgehead atoms. The van der Waals surface area contributed by atoms with E-state index in [2.05, 4.69) is 13.8 Å². The first-order valence-corrected chi connectivity index (χ1v) is 6.95. The third kappa shape index (κ3) is 5.03. The molecule has 2 N–H and O–H groups in total. The molecule has 0 aliphatic heterocycles. The summed E-state index contributed by atoms with van der Waals surface area (Å²) in [6.45, 7) is 5.08. The highest BCUT2D eigenvalue weighted by atomic mass is 16.5. The van der Waals surface area contributed by atoms with Crippen molar-refractivity contribution in [2.24, 2.45) is 17.6 Å². The van der Waals surface area contributed by atoms with Gasteiger partial charge in [-0.1, -0.05) is 13.8 Å². The van der Waals surface area contributed by atoms with Gasteiger partial charge < -0.3 is 10.5 Å². The van der Waals surface area contributed by atoms with Crippen molar-refractivity contribution in [2.75, 3.05) is 13.7 Å². The Hall–Kier alpha value is -1.35. The molecule has 0 aliphatic carbocycles. The Morgan fingerprint density at radius 2 is 1.84 bits per heavy atom. The predicted molar refractivity (Wildman–Crippen MR) is 78.6 cm³/mol. The second kappa shape index (κ2) is 7.95. The third-order valence-corrected chi connectivity index (χ3v) is 3.63. The Balaban J connectivity index is 2.53. The predicted octanol–water partition coefficient (Wildman–Crippen LogP) is 3.28. The maximum absolute atomic E-state index is 12.1. The average Bonchev–Trinajstić information content (AvgIpc) is 2.42. The Morgan fingerprint density at radius 1 is 1.21 bits per heavy atom. The molecule has 3 heteroatoms. The summed E-state index contributed by atoms with van der Waals surface area (Å²) in [6.07, 6.45) is 2.50. The van der Waals surface area contributed by atoms with E-state index in [0.29, 0.717) is 24.8 Å². The number of benzene rings is 1. The molecule has 0 fully saturated rings. The van der Waals surface area contributed by atoms with Gasteiger partial charge in [-0.15, -0.1) is 0 Å². The smallest absolute Gasteiger partial charge is 0.162 e. The lowest BCUT2D eigenvalue weighted by Gasteiger charge is -2.19. The summed E-state index contributed by atoms with van der Waals surface area (Å²) < 4.78 is 5.09. The first-order chi connectivity index (χ1) is 9.08. The van der Waals surface area contributed by atoms with Crippen LogP contribution in [0.4, 0.5) is 0 Å². The lowest BCUT2D eigenvalue weighted by atomic mass is 9.87. The Morgan fingerprint density at radius 3 is 2.32 bits per heavy atom. The largest absolute Gasteiger partial charge is 0.497 e. The van der Waals surface area contributed by atoms with Crippen LogP contribution in [0.15, 0.2) is 24.3 Å². The van der Waals surface area contributed by atoms with Gasteiger partial charge in [-0.2, -0.15) is 0 Å². The zero-order valence-electron chi connectivity index (χ0n) is 12.2. The van der Waals surface area contributed by atoms with Gasteiger partial charge in [-0.3, -0.25) is 4.79 Å². The fourth-order valence-electron chi connectivity index (χ4n) is 2.26. The molecule has 0 aromatic heterocycles. The van der Waals surface area contributed by atoms with Gasteiger partial charge in [-0.05, 0) is 55.5 Å². The zero-order valence-corrected chi connectivity index (χ0v) is 12.2. The molecule has 0 amide bonds. The van der Waals surface area contributed by atoms with E-state index in [9.17, 15) is 4.79 Å². The molecule has 3 nitrogen and oxygen atoms in total. The molecule has 19 heavy (non-hydrogen) atoms. The van der Waals surface area contributed by atoms with Crippen LogP contribution in [0.2, 0.25) is 0 Å². The molecule has 0 heterocycles. The van der Waals surface area contributed by atoms with Gasteiger partial charge in [0.2, 0.25) is 0 Å². The molecule has 0 saturated carbocycles. The molecular weight excluding hydrogens is 238 g/mol. The second-order valence-electron chi connectivity index (χ2n) is 5.27. The number of methoxy groups -OCH3 is 1. The molecular formula is C16H25NO2. The van der Waals surface area contributed by atoms with Crippen LogP contribution in [-0.2, 0) is 0 Å². The monoisotopic (exact) mass is 263 g/mol. The fourth-order valence-corrected chi connectivity index (χ4v) is 2.26. The summed E-state index contributed by atoms with van der Waals surface area (Å²) in [5.74, 6) is 2.09. The SMILES string of the molecule is COc1ccc(C(=O)CCC(CCN)C(C)C)cc1. The number of carbonyl (C=O) groups is 1. The molecule has 1 rings (SSSR count). The van der Waals surface area contributed by atoms with Crippen LogP contribution < -0.4 is 10.5 Å². The van der Waals surface area contributed by atoms with E-state index in [-0.39, 0.29) is 5.78 Å². The van der Waals surface area contributed by atoms with E-state index in [1.165, 1.54) is 0 Å². The van der Waals surface area contributed by atoms with Crippen molar-refractivity contribution in [3.05, 3.63) is 29.8 Å². The number of hydrogen-bond acceptors (Lipinski definition) is 3. The van der Waals surface area contributed by atoms with E-state index in [1.807, 2.05) is 24.3 Å². The zero-order chi connectivity index (χ0) is 14.3. The molecule has 0 spiro atoms. The number of carbonyl (C=O) groups excluding carboxylic acids is 1. The molecule has 1 aromatic rings. The molecule has 1 unspecified atom stereocenters. The first kappa shape index (κ1) is 15.7. The van der Waals surface area contributed by atoms with Crippen LogP contribution in [0, 0.1) is 11.8 Å². The lowest BCUT2D eigenvalue weighted by Crippen LogP contribution is -2.15. The van der Waals surface area contributed by atoms with Crippen molar-refractivity contribution < 1.29 is 9.53 Å². The van der Waals surface area contributed by atoms with Crippen molar-refractivity contribution in [3.8, 4) is 5.75 Å². The van der Waals surface area contributed by atoms with E-state index < -0.39 is 0 Å². The lowest BCUT2D eigenvalue weighted by molar-refractivity contribution is 0.0969. The van der Waals surface area contributed by atoms with Gasteiger partial charge in [0.05, 0.1) is 7.11 Å². The minimum Gasteiger partial charge on any atom is -0.497 e. The summed E-state index contributed by atoms with van der Waals surface area (Å²) in [5, 5.41) is 0. The summed E-state index contributed by atoms with van der Waals surface area (Å²) in [5.41, 5.74) is 6.38. The van der Waals surface area contributed by atoms with E-state index in [0.717, 1.165) is 24.2 Å². The highest BCUT2D eigenvalue weighted by molar-refractivity contribution is 5.96. The van der Waals surface area contributed by atoms with Crippen LogP contribution >= 0.6 is 0 Å². The van der Waals surface area contributed by atoms with Crippen LogP contribution in [0.3, 0.4) is 0 Å². The van der Waals surface area contributed by atoms with Crippen molar-refractivity contribution in [1.82, 2.24) is 0 Å². The van der Waals surface area contributed by atoms with Gasteiger partial charge in [0, 0.05) is 12.0 Å². The minimum atomic E-state index is 0.199. The topological polar surface area (TPSA) is 52.3 Å². The van der Waals surface area contributed by atoms with Crippen molar-refractivity contribution in [3.63, 3.8) is 0 Å². The Bertz CT molecular complexity index is 384. The highest BCUT2D eigenvalue weighted by Crippen LogP contribution is 2.22. The minimum absolute atomic E-state index is 0.199. The number of rotatable bonds is 8. The van der Waals surface area contributed by atoms with E-state index >= 15 is 0 Å². The van der Waals surface area contributed by atoms with Crippen LogP contribution in [0.25, 0.3) is 0 Å². The maximum Gasteiger partial charge on any atom is 0.162 e. The van der Waals surface area contributed by atoms with E-state index in [4.69, 9.17) is 10.5 Å². The summed E-state index contributed by atoms with van der Waals surface area (Å²) in [4.78, 5) is 12.1. The van der Waals surface area contributed by atoms with Crippen molar-refractivity contribution in [1.29, 1.82) is 0 Å². The van der Waals surface area contributed by atoms with Gasteiger partial charge in [0.1, 0.15) is 5.75 Å². The summed E-state index contributed by atoms with van der Waals surface area (Å²) >= 11 is 0. The van der Waals surface area contributed by atoms with Gasteiger partial charge in [0.25, 0.3) is 0 Å². The molecule has 1 atom stereocenters. The number of ketones is 1. The number of nitrogens with two attached hydrogens (primary N) is 1. The first-order valence-electron chi connectivity index (χ1n) is 6.95. The Kier molecular flexibility index (Phi) is 6.57. The fraction of sp³-hybridized carbons (Fsp3) is 0.562. The van der Waals surface area contributed by atoms with Crippen LogP contribution in [-0.4, -0.2) is 19.4 Å². The molecule has 0 aliphatic rings. The second-order valence-corrected chi connectivity index (χ2v) is 5.27. The quantitative estimate of drug-likeness (QED) is 0.732. The van der Waals surface area contributed by atoms with Gasteiger partial charge in [-0.25, -0.2) is 0 Å². The maximum atomic E-state index is 12.1. The van der Waals surface area contributed by atoms with Crippen LogP contribution in [0.5, 0.6) is 5.75 Å². The van der Waals surface area contributed by atoms with Crippen molar-refractivity contribution >= 4 is 5.78 Å². The third-order valence-electron chi connectivity index (χ3n) is 3.63. The van der Waals surface area contributed by atoms with Gasteiger partial charge in [0.15, 0.2) is 5.78 Å². The molecule has 1 aromatic carbocycles. The Labute approximate surface area is 116 Å². The van der Waals surface area contributed by atoms with E-state index in [1.54, 1.807) is 7.11 Å². The summed E-state index contributed by atoms with van der Waals surface area (Å²) in [6, 6.07) is 7.31.